The number of rotatable bonds is 6. The van der Waals surface area contributed by atoms with Crippen LogP contribution in [0.5, 0.6) is 0 Å². The molecule has 6 nitrogen and oxygen atoms in total. The molecule has 1 unspecified atom stereocenters. The van der Waals surface area contributed by atoms with E-state index in [-0.39, 0.29) is 17.5 Å². The Labute approximate surface area is 161 Å². The molecule has 1 radical (unpaired) electrons. The van der Waals surface area contributed by atoms with Crippen molar-refractivity contribution in [1.82, 2.24) is 9.80 Å². The number of primary amides is 1. The van der Waals surface area contributed by atoms with Crippen LogP contribution in [0.25, 0.3) is 0 Å². The highest BCUT2D eigenvalue weighted by Crippen LogP contribution is 2.51. The molecule has 2 saturated heterocycles. The Morgan fingerprint density at radius 2 is 1.96 bits per heavy atom. The van der Waals surface area contributed by atoms with Gasteiger partial charge in [0.15, 0.2) is 0 Å². The van der Waals surface area contributed by atoms with Crippen LogP contribution in [0.15, 0.2) is 24.3 Å². The monoisotopic (exact) mass is 369 g/mol. The number of benzene rings is 1. The lowest BCUT2D eigenvalue weighted by Gasteiger charge is -2.29. The van der Waals surface area contributed by atoms with Crippen LogP contribution in [0.1, 0.15) is 37.7 Å². The lowest BCUT2D eigenvalue weighted by atomic mass is 9.92. The number of amides is 3. The van der Waals surface area contributed by atoms with E-state index < -0.39 is 11.9 Å². The van der Waals surface area contributed by atoms with Gasteiger partial charge in [0.05, 0.1) is 6.04 Å². The molecule has 0 bridgehead atoms. The summed E-state index contributed by atoms with van der Waals surface area (Å²) in [5.41, 5.74) is 8.07. The molecule has 1 aromatic rings. The molecule has 2 N–H and O–H groups in total. The van der Waals surface area contributed by atoms with Crippen LogP contribution >= 0.6 is 0 Å². The van der Waals surface area contributed by atoms with Crippen molar-refractivity contribution in [2.45, 2.75) is 49.6 Å². The number of fused-ring (bicyclic) bond motifs is 1. The van der Waals surface area contributed by atoms with Crippen molar-refractivity contribution in [2.75, 3.05) is 32.1 Å². The van der Waals surface area contributed by atoms with Crippen molar-refractivity contribution in [1.29, 1.82) is 0 Å². The molecule has 2 aliphatic heterocycles. The fourth-order valence-electron chi connectivity index (χ4n) is 4.57. The van der Waals surface area contributed by atoms with Crippen LogP contribution < -0.4 is 10.6 Å². The first-order chi connectivity index (χ1) is 12.9. The molecule has 1 saturated carbocycles. The highest BCUT2D eigenvalue weighted by Gasteiger charge is 2.50. The van der Waals surface area contributed by atoms with E-state index >= 15 is 0 Å². The van der Waals surface area contributed by atoms with Gasteiger partial charge in [0.1, 0.15) is 6.04 Å². The maximum Gasteiger partial charge on any atom is 0.325 e. The molecule has 2 heterocycles. The second-order valence-corrected chi connectivity index (χ2v) is 8.44. The fraction of sp³-hybridized carbons (Fsp3) is 0.571. The van der Waals surface area contributed by atoms with Gasteiger partial charge >= 0.3 is 6.03 Å². The third-order valence-electron chi connectivity index (χ3n) is 6.37. The van der Waals surface area contributed by atoms with Crippen molar-refractivity contribution in [3.05, 3.63) is 36.2 Å². The quantitative estimate of drug-likeness (QED) is 0.835. The zero-order chi connectivity index (χ0) is 19.2. The van der Waals surface area contributed by atoms with Gasteiger partial charge in [-0.15, -0.1) is 0 Å². The Bertz CT molecular complexity index is 726. The number of hydrogen-bond acceptors (Lipinski definition) is 3. The topological polar surface area (TPSA) is 69.9 Å². The second kappa shape index (κ2) is 6.82. The van der Waals surface area contributed by atoms with E-state index in [1.165, 1.54) is 18.4 Å². The summed E-state index contributed by atoms with van der Waals surface area (Å²) >= 11 is 0. The minimum absolute atomic E-state index is 0.110. The Hall–Kier alpha value is -2.08. The normalized spacial score (nSPS) is 26.4. The summed E-state index contributed by atoms with van der Waals surface area (Å²) in [4.78, 5) is 30.7. The first-order valence-electron chi connectivity index (χ1n) is 9.91. The molecule has 27 heavy (non-hydrogen) atoms. The number of anilines is 1. The maximum atomic E-state index is 12.9. The molecule has 4 rings (SSSR count). The van der Waals surface area contributed by atoms with Crippen molar-refractivity contribution >= 4 is 17.6 Å². The van der Waals surface area contributed by atoms with Crippen LogP contribution in [0.3, 0.4) is 0 Å². The molecule has 145 valence electrons. The van der Waals surface area contributed by atoms with E-state index in [1.807, 2.05) is 12.1 Å². The minimum Gasteiger partial charge on any atom is -0.368 e. The average Bonchev–Trinajstić information content (AvgIpc) is 3.39. The van der Waals surface area contributed by atoms with Gasteiger partial charge in [0, 0.05) is 12.2 Å². The molecule has 3 fully saturated rings. The van der Waals surface area contributed by atoms with Crippen LogP contribution in [0, 0.1) is 6.42 Å². The minimum atomic E-state index is -0.618. The molecule has 0 aromatic heterocycles. The third kappa shape index (κ3) is 3.20. The predicted molar refractivity (Wildman–Crippen MR) is 105 cm³/mol. The molecule has 6 heteroatoms. The second-order valence-electron chi connectivity index (χ2n) is 8.44. The maximum absolute atomic E-state index is 12.9. The van der Waals surface area contributed by atoms with Crippen molar-refractivity contribution in [3.8, 4) is 0 Å². The first kappa shape index (κ1) is 18.3. The molecule has 3 amide bonds. The Morgan fingerprint density at radius 3 is 2.56 bits per heavy atom. The van der Waals surface area contributed by atoms with E-state index in [0.29, 0.717) is 6.54 Å². The lowest BCUT2D eigenvalue weighted by molar-refractivity contribution is -0.119. The first-order valence-corrected chi connectivity index (χ1v) is 9.91. The number of nitrogens with two attached hydrogens (primary N) is 1. The van der Waals surface area contributed by atoms with Gasteiger partial charge in [0.25, 0.3) is 0 Å². The Kier molecular flexibility index (Phi) is 4.62. The van der Waals surface area contributed by atoms with Crippen LogP contribution in [0.4, 0.5) is 10.5 Å². The van der Waals surface area contributed by atoms with E-state index in [1.54, 1.807) is 9.80 Å². The SMILES string of the molecule is CN(C)CCC1(c2ccc(N3C(=O)N4CCC[CH][C@@H]4C3C(N)=O)cc2)CC1. The van der Waals surface area contributed by atoms with E-state index in [4.69, 9.17) is 5.73 Å². The largest absolute Gasteiger partial charge is 0.368 e. The fourth-order valence-corrected chi connectivity index (χ4v) is 4.57. The standard InChI is InChI=1S/C21H29N4O2/c1-23(2)14-12-21(10-11-21)15-6-8-16(9-7-15)25-18(19(22)26)17-5-3-4-13-24(17)20(25)27/h5-9,17-18H,3-4,10-14H2,1-2H3,(H2,22,26)/t17-,18?/m1/s1. The highest BCUT2D eigenvalue weighted by molar-refractivity contribution is 6.03. The number of carbonyl (C=O) groups excluding carboxylic acids is 2. The summed E-state index contributed by atoms with van der Waals surface area (Å²) in [6, 6.07) is 7.29. The van der Waals surface area contributed by atoms with Gasteiger partial charge in [-0.25, -0.2) is 4.79 Å². The summed E-state index contributed by atoms with van der Waals surface area (Å²) in [6.07, 6.45) is 7.51. The van der Waals surface area contributed by atoms with Crippen LogP contribution in [-0.4, -0.2) is 61.0 Å². The number of piperidine rings is 1. The van der Waals surface area contributed by atoms with Gasteiger partial charge in [-0.1, -0.05) is 12.1 Å². The van der Waals surface area contributed by atoms with Crippen LogP contribution in [0.2, 0.25) is 0 Å². The average molecular weight is 369 g/mol. The summed E-state index contributed by atoms with van der Waals surface area (Å²) < 4.78 is 0. The zero-order valence-electron chi connectivity index (χ0n) is 16.2. The Morgan fingerprint density at radius 1 is 1.26 bits per heavy atom. The number of carbonyl (C=O) groups is 2. The summed E-state index contributed by atoms with van der Waals surface area (Å²) in [6.45, 7) is 1.76. The Balaban J connectivity index is 1.57. The molecule has 0 spiro atoms. The summed E-state index contributed by atoms with van der Waals surface area (Å²) in [5, 5.41) is 0. The van der Waals surface area contributed by atoms with Crippen molar-refractivity contribution in [3.63, 3.8) is 0 Å². The molecule has 1 aliphatic carbocycles. The molecule has 1 aromatic carbocycles. The molecule has 2 atom stereocenters. The van der Waals surface area contributed by atoms with Crippen molar-refractivity contribution in [2.24, 2.45) is 5.73 Å². The zero-order valence-corrected chi connectivity index (χ0v) is 16.2. The van der Waals surface area contributed by atoms with Crippen LogP contribution in [-0.2, 0) is 10.2 Å². The smallest absolute Gasteiger partial charge is 0.325 e. The van der Waals surface area contributed by atoms with E-state index in [2.05, 4.69) is 37.5 Å². The van der Waals surface area contributed by atoms with E-state index in [9.17, 15) is 9.59 Å². The summed E-state index contributed by atoms with van der Waals surface area (Å²) in [5.74, 6) is -0.442. The van der Waals surface area contributed by atoms with Gasteiger partial charge in [-0.3, -0.25) is 9.69 Å². The van der Waals surface area contributed by atoms with Crippen molar-refractivity contribution < 1.29 is 9.59 Å². The highest BCUT2D eigenvalue weighted by atomic mass is 16.2. The summed E-state index contributed by atoms with van der Waals surface area (Å²) in [7, 11) is 4.21. The molecule has 3 aliphatic rings. The number of hydrogen-bond donors (Lipinski definition) is 1. The van der Waals surface area contributed by atoms with Gasteiger partial charge < -0.3 is 15.5 Å². The lowest BCUT2D eigenvalue weighted by Crippen LogP contribution is -2.48. The predicted octanol–water partition coefficient (Wildman–Crippen LogP) is 2.13. The number of urea groups is 1. The third-order valence-corrected chi connectivity index (χ3v) is 6.37. The van der Waals surface area contributed by atoms with Gasteiger partial charge in [-0.05, 0) is 82.3 Å². The molecular weight excluding hydrogens is 340 g/mol. The van der Waals surface area contributed by atoms with Gasteiger partial charge in [0.2, 0.25) is 5.91 Å². The van der Waals surface area contributed by atoms with Gasteiger partial charge in [-0.2, -0.15) is 0 Å². The number of nitrogens with zero attached hydrogens (tertiary/aromatic N) is 3. The van der Waals surface area contributed by atoms with E-state index in [0.717, 1.165) is 31.5 Å². The molecular formula is C21H29N4O2.